The molecule has 0 spiro atoms. The molecule has 0 fully saturated rings. The second kappa shape index (κ2) is 6.82. The summed E-state index contributed by atoms with van der Waals surface area (Å²) in [5.74, 6) is 0.950. The number of nitrogens with two attached hydrogens (primary N) is 1. The Morgan fingerprint density at radius 3 is 2.93 bits per heavy atom. The molecule has 7 nitrogen and oxygen atoms in total. The fraction of sp³-hybridized carbons (Fsp3) is 0.222. The minimum Gasteiger partial charge on any atom is -0.379 e. The Morgan fingerprint density at radius 2 is 2.15 bits per heavy atom. The fourth-order valence-electron chi connectivity index (χ4n) is 3.04. The van der Waals surface area contributed by atoms with E-state index in [0.717, 1.165) is 28.1 Å². The van der Waals surface area contributed by atoms with Crippen LogP contribution in [0, 0.1) is 4.91 Å². The molecular formula is C18H18N5O2S2+. The summed E-state index contributed by atoms with van der Waals surface area (Å²) < 4.78 is 0.924. The number of nitrogens with one attached hydrogen (secondary N) is 1. The van der Waals surface area contributed by atoms with Crippen molar-refractivity contribution in [1.29, 1.82) is 0 Å². The predicted molar refractivity (Wildman–Crippen MR) is 110 cm³/mol. The Balaban J connectivity index is 1.63. The Labute approximate surface area is 163 Å². The van der Waals surface area contributed by atoms with E-state index in [9.17, 15) is 4.91 Å². The van der Waals surface area contributed by atoms with E-state index in [0.29, 0.717) is 15.8 Å². The molecule has 4 N–H and O–H groups in total. The van der Waals surface area contributed by atoms with Gasteiger partial charge in [-0.1, -0.05) is 35.2 Å². The molecular weight excluding hydrogens is 382 g/mol. The number of nitrogens with zero attached hydrogens (tertiary/aromatic N) is 3. The van der Waals surface area contributed by atoms with E-state index in [-0.39, 0.29) is 16.1 Å². The molecule has 138 valence electrons. The maximum atomic E-state index is 11.0. The topological polar surface area (TPSA) is 104 Å². The first-order valence-electron chi connectivity index (χ1n) is 8.35. The Bertz CT molecular complexity index is 1060. The van der Waals surface area contributed by atoms with Crippen molar-refractivity contribution in [2.24, 2.45) is 10.7 Å². The Morgan fingerprint density at radius 1 is 1.30 bits per heavy atom. The number of aromatic nitrogens is 1. The molecule has 1 aliphatic rings. The van der Waals surface area contributed by atoms with Crippen LogP contribution in [0.5, 0.6) is 0 Å². The lowest BCUT2D eigenvalue weighted by molar-refractivity contribution is -0.729. The van der Waals surface area contributed by atoms with Gasteiger partial charge in [0.2, 0.25) is 0 Å². The number of amidine groups is 1. The maximum Gasteiger partial charge on any atom is 0.318 e. The summed E-state index contributed by atoms with van der Waals surface area (Å²) in [5.41, 5.74) is 8.42. The lowest BCUT2D eigenvalue weighted by atomic mass is 9.89. The average Bonchev–Trinajstić information content (AvgIpc) is 3.03. The van der Waals surface area contributed by atoms with Gasteiger partial charge in [-0.15, -0.1) is 0 Å². The minimum atomic E-state index is -0.325. The van der Waals surface area contributed by atoms with Crippen LogP contribution in [0.1, 0.15) is 18.9 Å². The van der Waals surface area contributed by atoms with Crippen LogP contribution < -0.4 is 11.1 Å². The molecule has 1 unspecified atom stereocenters. The van der Waals surface area contributed by atoms with E-state index in [2.05, 4.69) is 34.3 Å². The second-order valence-corrected chi connectivity index (χ2v) is 8.62. The molecule has 3 aromatic rings. The van der Waals surface area contributed by atoms with Crippen LogP contribution in [0.4, 0.5) is 16.5 Å². The van der Waals surface area contributed by atoms with Gasteiger partial charge in [0.05, 0.1) is 20.7 Å². The molecule has 2 heterocycles. The smallest absolute Gasteiger partial charge is 0.318 e. The van der Waals surface area contributed by atoms with E-state index in [4.69, 9.17) is 10.9 Å². The highest BCUT2D eigenvalue weighted by molar-refractivity contribution is 8.13. The molecule has 1 aliphatic heterocycles. The third-order valence-corrected chi connectivity index (χ3v) is 6.27. The quantitative estimate of drug-likeness (QED) is 0.557. The zero-order valence-electron chi connectivity index (χ0n) is 14.5. The van der Waals surface area contributed by atoms with Gasteiger partial charge in [0, 0.05) is 23.6 Å². The largest absolute Gasteiger partial charge is 0.379 e. The maximum absolute atomic E-state index is 11.0. The Hall–Kier alpha value is -2.65. The molecule has 0 radical (unpaired) electrons. The number of thioether (sulfide) groups is 1. The van der Waals surface area contributed by atoms with Crippen LogP contribution in [-0.4, -0.2) is 26.0 Å². The molecule has 0 amide bonds. The molecule has 1 atom stereocenters. The van der Waals surface area contributed by atoms with E-state index in [1.165, 1.54) is 11.3 Å². The molecule has 2 aromatic carbocycles. The number of aliphatic imine (C=N–C) groups is 1. The van der Waals surface area contributed by atoms with Gasteiger partial charge in [0.1, 0.15) is 0 Å². The van der Waals surface area contributed by atoms with Gasteiger partial charge in [-0.2, -0.15) is 0 Å². The second-order valence-electron chi connectivity index (χ2n) is 6.47. The summed E-state index contributed by atoms with van der Waals surface area (Å²) in [4.78, 5) is 20.0. The van der Waals surface area contributed by atoms with E-state index < -0.39 is 0 Å². The van der Waals surface area contributed by atoms with Crippen molar-refractivity contribution in [2.75, 3.05) is 11.1 Å². The van der Waals surface area contributed by atoms with Gasteiger partial charge in [0.25, 0.3) is 4.92 Å². The summed E-state index contributed by atoms with van der Waals surface area (Å²) in [6, 6.07) is 13.0. The summed E-state index contributed by atoms with van der Waals surface area (Å²) in [5, 5.41) is 13.7. The normalized spacial score (nSPS) is 19.7. The van der Waals surface area contributed by atoms with Crippen molar-refractivity contribution < 1.29 is 10.1 Å². The third kappa shape index (κ3) is 3.60. The lowest BCUT2D eigenvalue weighted by Gasteiger charge is -2.30. The van der Waals surface area contributed by atoms with Crippen LogP contribution in [0.2, 0.25) is 0 Å². The van der Waals surface area contributed by atoms with Gasteiger partial charge in [-0.05, 0) is 37.1 Å². The summed E-state index contributed by atoms with van der Waals surface area (Å²) in [6.07, 6.45) is 0.929. The molecule has 0 aliphatic carbocycles. The summed E-state index contributed by atoms with van der Waals surface area (Å²) in [7, 11) is 0. The minimum absolute atomic E-state index is 0.153. The molecule has 0 saturated heterocycles. The number of benzene rings is 2. The first-order chi connectivity index (χ1) is 12.9. The summed E-state index contributed by atoms with van der Waals surface area (Å²) >= 11 is 3.07. The number of rotatable bonds is 4. The van der Waals surface area contributed by atoms with Crippen LogP contribution in [-0.2, 0) is 5.54 Å². The van der Waals surface area contributed by atoms with Gasteiger partial charge < -0.3 is 11.1 Å². The molecule has 0 bridgehead atoms. The third-order valence-electron chi connectivity index (χ3n) is 4.52. The monoisotopic (exact) mass is 400 g/mol. The van der Waals surface area contributed by atoms with Crippen molar-refractivity contribution in [2.45, 2.75) is 18.9 Å². The molecule has 0 saturated carbocycles. The van der Waals surface area contributed by atoms with Crippen LogP contribution >= 0.6 is 23.1 Å². The van der Waals surface area contributed by atoms with Crippen LogP contribution in [0.25, 0.3) is 10.2 Å². The predicted octanol–water partition coefficient (Wildman–Crippen LogP) is 4.51. The van der Waals surface area contributed by atoms with Crippen molar-refractivity contribution in [3.8, 4) is 0 Å². The van der Waals surface area contributed by atoms with Crippen molar-refractivity contribution >= 4 is 55.0 Å². The van der Waals surface area contributed by atoms with Crippen molar-refractivity contribution in [1.82, 2.24) is 4.98 Å². The van der Waals surface area contributed by atoms with Gasteiger partial charge in [0.15, 0.2) is 10.3 Å². The molecule has 9 heteroatoms. The van der Waals surface area contributed by atoms with Gasteiger partial charge >= 0.3 is 5.69 Å². The highest BCUT2D eigenvalue weighted by atomic mass is 32.2. The number of fused-ring (bicyclic) bond motifs is 1. The van der Waals surface area contributed by atoms with Crippen LogP contribution in [0.15, 0.2) is 47.5 Å². The number of anilines is 2. The van der Waals surface area contributed by atoms with Gasteiger partial charge in [-0.25, -0.2) is 10.2 Å². The SMILES string of the molecule is CC1(c2cccc(Nc3nc4cc([N+](=O)O)ccc4s3)c2)CCSC(N)=N1. The molecule has 1 aromatic heterocycles. The van der Waals surface area contributed by atoms with E-state index in [1.54, 1.807) is 30.0 Å². The fourth-order valence-corrected chi connectivity index (χ4v) is 4.88. The van der Waals surface area contributed by atoms with E-state index in [1.807, 2.05) is 12.1 Å². The zero-order chi connectivity index (χ0) is 19.0. The highest BCUT2D eigenvalue weighted by Gasteiger charge is 2.29. The first kappa shape index (κ1) is 17.7. The van der Waals surface area contributed by atoms with Gasteiger partial charge in [-0.3, -0.25) is 4.99 Å². The molecule has 4 rings (SSSR count). The highest BCUT2D eigenvalue weighted by Crippen LogP contribution is 2.37. The number of hydrogen-bond acceptors (Lipinski definition) is 7. The summed E-state index contributed by atoms with van der Waals surface area (Å²) in [6.45, 7) is 2.10. The average molecular weight is 401 g/mol. The molecule has 27 heavy (non-hydrogen) atoms. The zero-order valence-corrected chi connectivity index (χ0v) is 16.2. The Kier molecular flexibility index (Phi) is 4.48. The number of hydrogen-bond donors (Lipinski definition) is 3. The van der Waals surface area contributed by atoms with Crippen LogP contribution in [0.3, 0.4) is 0 Å². The number of thiazole rings is 1. The van der Waals surface area contributed by atoms with Crippen molar-refractivity contribution in [3.63, 3.8) is 0 Å². The standard InChI is InChI=1S/C18H18N5O2S2/c1-18(7-8-26-16(19)22-18)11-3-2-4-12(9-11)20-17-21-14-10-13(23(24)25)5-6-15(14)27-17/h2-6,9-10H,7-8H2,1H3,(H2,19,22)(H,20,21)(H,24,25)/q+1. The lowest BCUT2D eigenvalue weighted by Crippen LogP contribution is -2.28. The first-order valence-corrected chi connectivity index (χ1v) is 10.2. The van der Waals surface area contributed by atoms with Crippen molar-refractivity contribution in [3.05, 3.63) is 52.9 Å². The van der Waals surface area contributed by atoms with E-state index >= 15 is 0 Å².